The number of nitrogens with one attached hydrogen (secondary N) is 2. The van der Waals surface area contributed by atoms with Gasteiger partial charge in [0.15, 0.2) is 5.11 Å². The number of pyridine rings is 1. The van der Waals surface area contributed by atoms with Gasteiger partial charge in [-0.05, 0) is 49.0 Å². The maximum atomic E-state index is 5.16. The van der Waals surface area contributed by atoms with E-state index in [0.29, 0.717) is 5.11 Å². The maximum absolute atomic E-state index is 5.16. The molecule has 0 aliphatic rings. The second kappa shape index (κ2) is 7.12. The minimum Gasteiger partial charge on any atom is -0.331 e. The molecule has 0 atom stereocenters. The van der Waals surface area contributed by atoms with Crippen LogP contribution in [0.2, 0.25) is 0 Å². The molecule has 2 aromatic rings. The lowest BCUT2D eigenvalue weighted by molar-refractivity contribution is 1.05. The highest BCUT2D eigenvalue weighted by Crippen LogP contribution is 2.19. The van der Waals surface area contributed by atoms with E-state index >= 15 is 0 Å². The highest BCUT2D eigenvalue weighted by Gasteiger charge is 1.99. The molecule has 20 heavy (non-hydrogen) atoms. The Hall–Kier alpha value is -1.79. The Labute approximate surface area is 131 Å². The van der Waals surface area contributed by atoms with Crippen molar-refractivity contribution in [2.75, 3.05) is 5.32 Å². The van der Waals surface area contributed by atoms with Gasteiger partial charge in [-0.25, -0.2) is 0 Å². The average Bonchev–Trinajstić information content (AvgIpc) is 2.44. The molecular formula is C14H13BrN4S. The van der Waals surface area contributed by atoms with E-state index < -0.39 is 0 Å². The minimum atomic E-state index is 0.437. The van der Waals surface area contributed by atoms with Crippen LogP contribution in [0.15, 0.2) is 52.3 Å². The predicted octanol–water partition coefficient (Wildman–Crippen LogP) is 3.47. The smallest absolute Gasteiger partial charge is 0.191 e. The van der Waals surface area contributed by atoms with E-state index in [9.17, 15) is 0 Å². The number of aromatic nitrogens is 1. The zero-order valence-electron chi connectivity index (χ0n) is 10.8. The summed E-state index contributed by atoms with van der Waals surface area (Å²) in [5.41, 5.74) is 5.72. The monoisotopic (exact) mass is 348 g/mol. The van der Waals surface area contributed by atoms with Crippen LogP contribution in [-0.4, -0.2) is 16.3 Å². The highest BCUT2D eigenvalue weighted by atomic mass is 79.9. The van der Waals surface area contributed by atoms with Crippen molar-refractivity contribution in [3.05, 3.63) is 58.3 Å². The van der Waals surface area contributed by atoms with Crippen molar-refractivity contribution < 1.29 is 0 Å². The first-order chi connectivity index (χ1) is 9.65. The summed E-state index contributed by atoms with van der Waals surface area (Å²) in [6.07, 6.45) is 5.10. The SMILES string of the molecule is Cc1cc(NC(=S)N/N=C\c2cccnc2)ccc1Br. The van der Waals surface area contributed by atoms with Crippen LogP contribution < -0.4 is 10.7 Å². The fourth-order valence-electron chi connectivity index (χ4n) is 1.50. The van der Waals surface area contributed by atoms with Gasteiger partial charge in [0.1, 0.15) is 0 Å². The van der Waals surface area contributed by atoms with Crippen LogP contribution in [0.3, 0.4) is 0 Å². The first-order valence-corrected chi connectivity index (χ1v) is 7.11. The number of hydrogen-bond acceptors (Lipinski definition) is 3. The molecule has 0 saturated heterocycles. The topological polar surface area (TPSA) is 49.3 Å². The largest absolute Gasteiger partial charge is 0.331 e. The van der Waals surface area contributed by atoms with Crippen LogP contribution in [0.1, 0.15) is 11.1 Å². The van der Waals surface area contributed by atoms with Gasteiger partial charge >= 0.3 is 0 Å². The number of hydrogen-bond donors (Lipinski definition) is 2. The molecule has 2 N–H and O–H groups in total. The molecule has 4 nitrogen and oxygen atoms in total. The Morgan fingerprint density at radius 3 is 2.95 bits per heavy atom. The fourth-order valence-corrected chi connectivity index (χ4v) is 1.92. The Bertz CT molecular complexity index is 628. The number of aryl methyl sites for hydroxylation is 1. The van der Waals surface area contributed by atoms with Gasteiger partial charge in [0, 0.05) is 28.1 Å². The summed E-state index contributed by atoms with van der Waals surface area (Å²) in [6, 6.07) is 9.67. The molecule has 6 heteroatoms. The van der Waals surface area contributed by atoms with Crippen LogP contribution >= 0.6 is 28.1 Å². The summed E-state index contributed by atoms with van der Waals surface area (Å²) in [5.74, 6) is 0. The first-order valence-electron chi connectivity index (χ1n) is 5.91. The van der Waals surface area contributed by atoms with Gasteiger partial charge in [-0.2, -0.15) is 5.10 Å². The van der Waals surface area contributed by atoms with Gasteiger partial charge in [0.2, 0.25) is 0 Å². The molecule has 0 saturated carbocycles. The molecule has 0 unspecified atom stereocenters. The number of halogens is 1. The lowest BCUT2D eigenvalue weighted by Crippen LogP contribution is -2.23. The third-order valence-electron chi connectivity index (χ3n) is 2.48. The van der Waals surface area contributed by atoms with E-state index in [1.54, 1.807) is 18.6 Å². The summed E-state index contributed by atoms with van der Waals surface area (Å²) < 4.78 is 1.07. The van der Waals surface area contributed by atoms with Crippen molar-refractivity contribution in [3.8, 4) is 0 Å². The van der Waals surface area contributed by atoms with Gasteiger partial charge < -0.3 is 5.32 Å². The Kier molecular flexibility index (Phi) is 5.20. The van der Waals surface area contributed by atoms with Crippen molar-refractivity contribution in [1.82, 2.24) is 10.4 Å². The van der Waals surface area contributed by atoms with Crippen LogP contribution in [0.25, 0.3) is 0 Å². The molecule has 0 aliphatic heterocycles. The van der Waals surface area contributed by atoms with Crippen molar-refractivity contribution >= 4 is 45.2 Å². The van der Waals surface area contributed by atoms with Gasteiger partial charge in [-0.3, -0.25) is 10.4 Å². The van der Waals surface area contributed by atoms with Crippen molar-refractivity contribution in [2.45, 2.75) is 6.92 Å². The predicted molar refractivity (Wildman–Crippen MR) is 90.1 cm³/mol. The van der Waals surface area contributed by atoms with Gasteiger partial charge in [0.05, 0.1) is 6.21 Å². The first kappa shape index (κ1) is 14.6. The second-order valence-corrected chi connectivity index (χ2v) is 5.34. The molecule has 102 valence electrons. The van der Waals surface area contributed by atoms with E-state index in [0.717, 1.165) is 21.3 Å². The number of nitrogens with zero attached hydrogens (tertiary/aromatic N) is 2. The maximum Gasteiger partial charge on any atom is 0.191 e. The van der Waals surface area contributed by atoms with E-state index in [2.05, 4.69) is 36.8 Å². The summed E-state index contributed by atoms with van der Waals surface area (Å²) in [7, 11) is 0. The lowest BCUT2D eigenvalue weighted by atomic mass is 10.2. The van der Waals surface area contributed by atoms with Crippen molar-refractivity contribution in [2.24, 2.45) is 5.10 Å². The number of rotatable bonds is 3. The number of thiocarbonyl (C=S) groups is 1. The summed E-state index contributed by atoms with van der Waals surface area (Å²) in [6.45, 7) is 2.02. The molecule has 0 amide bonds. The third kappa shape index (κ3) is 4.40. The molecule has 0 bridgehead atoms. The molecule has 0 spiro atoms. The second-order valence-electron chi connectivity index (χ2n) is 4.07. The molecular weight excluding hydrogens is 336 g/mol. The Morgan fingerprint density at radius 2 is 2.25 bits per heavy atom. The van der Waals surface area contributed by atoms with Crippen molar-refractivity contribution in [1.29, 1.82) is 0 Å². The van der Waals surface area contributed by atoms with Crippen LogP contribution in [0.5, 0.6) is 0 Å². The summed E-state index contributed by atoms with van der Waals surface area (Å²) in [4.78, 5) is 4.00. The zero-order valence-corrected chi connectivity index (χ0v) is 13.2. The van der Waals surface area contributed by atoms with E-state index in [-0.39, 0.29) is 0 Å². The molecule has 2 rings (SSSR count). The van der Waals surface area contributed by atoms with Gasteiger partial charge in [-0.1, -0.05) is 22.0 Å². The molecule has 1 heterocycles. The molecule has 0 fully saturated rings. The van der Waals surface area contributed by atoms with Crippen molar-refractivity contribution in [3.63, 3.8) is 0 Å². The van der Waals surface area contributed by atoms with Gasteiger partial charge in [-0.15, -0.1) is 0 Å². The zero-order chi connectivity index (χ0) is 14.4. The highest BCUT2D eigenvalue weighted by molar-refractivity contribution is 9.10. The number of hydrazone groups is 1. The quantitative estimate of drug-likeness (QED) is 0.506. The number of benzene rings is 1. The molecule has 0 radical (unpaired) electrons. The molecule has 1 aromatic carbocycles. The molecule has 0 aliphatic carbocycles. The van der Waals surface area contributed by atoms with E-state index in [4.69, 9.17) is 12.2 Å². The standard InChI is InChI=1S/C14H13BrN4S/c1-10-7-12(4-5-13(10)15)18-14(20)19-17-9-11-3-2-6-16-8-11/h2-9H,1H3,(H2,18,19,20)/b17-9-. The summed E-state index contributed by atoms with van der Waals surface area (Å²) >= 11 is 8.62. The normalized spacial score (nSPS) is 10.5. The van der Waals surface area contributed by atoms with Crippen LogP contribution in [0, 0.1) is 6.92 Å². The van der Waals surface area contributed by atoms with Gasteiger partial charge in [0.25, 0.3) is 0 Å². The fraction of sp³-hybridized carbons (Fsp3) is 0.0714. The third-order valence-corrected chi connectivity index (χ3v) is 3.56. The lowest BCUT2D eigenvalue weighted by Gasteiger charge is -2.08. The Morgan fingerprint density at radius 1 is 1.40 bits per heavy atom. The minimum absolute atomic E-state index is 0.437. The summed E-state index contributed by atoms with van der Waals surface area (Å²) in [5, 5.41) is 7.55. The molecule has 1 aromatic heterocycles. The van der Waals surface area contributed by atoms with E-state index in [1.165, 1.54) is 0 Å². The van der Waals surface area contributed by atoms with E-state index in [1.807, 2.05) is 37.3 Å². The number of anilines is 1. The van der Waals surface area contributed by atoms with Crippen LogP contribution in [-0.2, 0) is 0 Å². The van der Waals surface area contributed by atoms with Crippen LogP contribution in [0.4, 0.5) is 5.69 Å². The average molecular weight is 349 g/mol. The Balaban J connectivity index is 1.89.